The Morgan fingerprint density at radius 3 is 2.91 bits per heavy atom. The van der Waals surface area contributed by atoms with Crippen molar-refractivity contribution < 1.29 is 9.18 Å². The van der Waals surface area contributed by atoms with Crippen LogP contribution in [-0.2, 0) is 11.2 Å². The molecule has 0 spiro atoms. The van der Waals surface area contributed by atoms with Crippen LogP contribution in [0.2, 0.25) is 0 Å². The Morgan fingerprint density at radius 1 is 1.41 bits per heavy atom. The third-order valence-electron chi connectivity index (χ3n) is 4.30. The van der Waals surface area contributed by atoms with Gasteiger partial charge >= 0.3 is 0 Å². The predicted octanol–water partition coefficient (Wildman–Crippen LogP) is 4.39. The number of nitrogens with zero attached hydrogens (tertiary/aromatic N) is 1. The van der Waals surface area contributed by atoms with E-state index in [4.69, 9.17) is 0 Å². The molecule has 1 fully saturated rings. The number of rotatable bonds is 4. The maximum Gasteiger partial charge on any atom is 0.232 e. The number of carbonyl (C=O) groups excluding carboxylic acids is 1. The first kappa shape index (κ1) is 15.2. The molecule has 1 aromatic heterocycles. The lowest BCUT2D eigenvalue weighted by molar-refractivity contribution is -0.124. The van der Waals surface area contributed by atoms with Gasteiger partial charge in [-0.3, -0.25) is 4.79 Å². The van der Waals surface area contributed by atoms with Gasteiger partial charge in [0.15, 0.2) is 5.13 Å². The SMILES string of the molecule is CC1(C(=O)Nc2ncc(Cc3cccc(F)c3)s2)CCCC1. The summed E-state index contributed by atoms with van der Waals surface area (Å²) in [4.78, 5) is 17.6. The fourth-order valence-electron chi connectivity index (χ4n) is 2.93. The first-order valence-electron chi connectivity index (χ1n) is 7.56. The van der Waals surface area contributed by atoms with Gasteiger partial charge in [0.1, 0.15) is 5.82 Å². The van der Waals surface area contributed by atoms with Gasteiger partial charge in [-0.25, -0.2) is 9.37 Å². The Balaban J connectivity index is 1.65. The van der Waals surface area contributed by atoms with Gasteiger partial charge in [0.2, 0.25) is 5.91 Å². The van der Waals surface area contributed by atoms with Gasteiger partial charge in [0, 0.05) is 22.9 Å². The second-order valence-corrected chi connectivity index (χ2v) is 7.28. The Kier molecular flexibility index (Phi) is 4.25. The van der Waals surface area contributed by atoms with E-state index in [1.165, 1.54) is 23.5 Å². The molecule has 0 bridgehead atoms. The van der Waals surface area contributed by atoms with E-state index in [0.29, 0.717) is 11.6 Å². The quantitative estimate of drug-likeness (QED) is 0.908. The van der Waals surface area contributed by atoms with Crippen LogP contribution in [0.15, 0.2) is 30.5 Å². The number of benzene rings is 1. The molecule has 2 aromatic rings. The van der Waals surface area contributed by atoms with Crippen LogP contribution in [0.1, 0.15) is 43.0 Å². The lowest BCUT2D eigenvalue weighted by Gasteiger charge is -2.21. The molecule has 116 valence electrons. The van der Waals surface area contributed by atoms with Crippen molar-refractivity contribution in [3.63, 3.8) is 0 Å². The van der Waals surface area contributed by atoms with Crippen LogP contribution in [0.5, 0.6) is 0 Å². The fourth-order valence-corrected chi connectivity index (χ4v) is 3.77. The van der Waals surface area contributed by atoms with Crippen molar-refractivity contribution in [1.82, 2.24) is 4.98 Å². The minimum absolute atomic E-state index is 0.0663. The average molecular weight is 318 g/mol. The van der Waals surface area contributed by atoms with Gasteiger partial charge in [-0.1, -0.05) is 31.9 Å². The third-order valence-corrected chi connectivity index (χ3v) is 5.21. The smallest absolute Gasteiger partial charge is 0.232 e. The number of aromatic nitrogens is 1. The third kappa shape index (κ3) is 3.35. The summed E-state index contributed by atoms with van der Waals surface area (Å²) >= 11 is 1.45. The van der Waals surface area contributed by atoms with Gasteiger partial charge in [0.25, 0.3) is 0 Å². The van der Waals surface area contributed by atoms with Gasteiger partial charge in [-0.15, -0.1) is 11.3 Å². The molecule has 0 saturated heterocycles. The fraction of sp³-hybridized carbons (Fsp3) is 0.412. The van der Waals surface area contributed by atoms with Crippen LogP contribution >= 0.6 is 11.3 Å². The summed E-state index contributed by atoms with van der Waals surface area (Å²) in [5, 5.41) is 3.57. The molecule has 0 unspecified atom stereocenters. The van der Waals surface area contributed by atoms with Crippen LogP contribution < -0.4 is 5.32 Å². The van der Waals surface area contributed by atoms with E-state index in [0.717, 1.165) is 36.1 Å². The van der Waals surface area contributed by atoms with E-state index < -0.39 is 0 Å². The Hall–Kier alpha value is -1.75. The molecule has 1 aliphatic rings. The van der Waals surface area contributed by atoms with Crippen molar-refractivity contribution >= 4 is 22.4 Å². The van der Waals surface area contributed by atoms with Crippen LogP contribution in [0, 0.1) is 11.2 Å². The molecule has 3 rings (SSSR count). The Bertz CT molecular complexity index is 677. The standard InChI is InChI=1S/C17H19FN2OS/c1-17(7-2-3-8-17)15(21)20-16-19-11-14(22-16)10-12-5-4-6-13(18)9-12/h4-6,9,11H,2-3,7-8,10H2,1H3,(H,19,20,21). The molecular formula is C17H19FN2OS. The zero-order valence-corrected chi connectivity index (χ0v) is 13.4. The topological polar surface area (TPSA) is 42.0 Å². The van der Waals surface area contributed by atoms with Crippen molar-refractivity contribution in [2.24, 2.45) is 5.41 Å². The molecule has 0 radical (unpaired) electrons. The van der Waals surface area contributed by atoms with E-state index in [-0.39, 0.29) is 17.1 Å². The van der Waals surface area contributed by atoms with Crippen LogP contribution in [0.4, 0.5) is 9.52 Å². The number of halogens is 1. The van der Waals surface area contributed by atoms with E-state index in [1.54, 1.807) is 12.3 Å². The monoisotopic (exact) mass is 318 g/mol. The highest BCUT2D eigenvalue weighted by molar-refractivity contribution is 7.15. The lowest BCUT2D eigenvalue weighted by Crippen LogP contribution is -2.30. The number of hydrogen-bond acceptors (Lipinski definition) is 3. The van der Waals surface area contributed by atoms with E-state index in [2.05, 4.69) is 10.3 Å². The minimum atomic E-state index is -0.256. The summed E-state index contributed by atoms with van der Waals surface area (Å²) in [5.74, 6) is -0.165. The maximum atomic E-state index is 13.2. The zero-order valence-electron chi connectivity index (χ0n) is 12.6. The molecule has 1 N–H and O–H groups in total. The molecule has 1 saturated carbocycles. The number of hydrogen-bond donors (Lipinski definition) is 1. The summed E-state index contributed by atoms with van der Waals surface area (Å²) < 4.78 is 13.2. The molecule has 1 aromatic carbocycles. The first-order chi connectivity index (χ1) is 10.5. The number of thiazole rings is 1. The summed E-state index contributed by atoms with van der Waals surface area (Å²) in [6.07, 6.45) is 6.50. The summed E-state index contributed by atoms with van der Waals surface area (Å²) in [6.45, 7) is 2.02. The molecule has 3 nitrogen and oxygen atoms in total. The number of anilines is 1. The highest BCUT2D eigenvalue weighted by Gasteiger charge is 2.36. The van der Waals surface area contributed by atoms with E-state index in [9.17, 15) is 9.18 Å². The van der Waals surface area contributed by atoms with Gasteiger partial charge in [-0.05, 0) is 30.5 Å². The number of amides is 1. The van der Waals surface area contributed by atoms with E-state index in [1.807, 2.05) is 13.0 Å². The van der Waals surface area contributed by atoms with Gasteiger partial charge in [0.05, 0.1) is 0 Å². The van der Waals surface area contributed by atoms with Crippen molar-refractivity contribution in [1.29, 1.82) is 0 Å². The van der Waals surface area contributed by atoms with Crippen LogP contribution in [0.3, 0.4) is 0 Å². The first-order valence-corrected chi connectivity index (χ1v) is 8.37. The van der Waals surface area contributed by atoms with Crippen molar-refractivity contribution in [2.45, 2.75) is 39.0 Å². The number of carbonyl (C=O) groups is 1. The molecule has 1 heterocycles. The van der Waals surface area contributed by atoms with Crippen LogP contribution in [0.25, 0.3) is 0 Å². The molecule has 1 aliphatic carbocycles. The Labute approximate surface area is 133 Å². The molecule has 1 amide bonds. The predicted molar refractivity (Wildman–Crippen MR) is 86.5 cm³/mol. The highest BCUT2D eigenvalue weighted by atomic mass is 32.1. The minimum Gasteiger partial charge on any atom is -0.301 e. The van der Waals surface area contributed by atoms with Crippen molar-refractivity contribution in [2.75, 3.05) is 5.32 Å². The number of nitrogens with one attached hydrogen (secondary N) is 1. The van der Waals surface area contributed by atoms with Crippen molar-refractivity contribution in [3.8, 4) is 0 Å². The second kappa shape index (κ2) is 6.16. The van der Waals surface area contributed by atoms with Crippen molar-refractivity contribution in [3.05, 3.63) is 46.7 Å². The largest absolute Gasteiger partial charge is 0.301 e. The second-order valence-electron chi connectivity index (χ2n) is 6.16. The maximum absolute atomic E-state index is 13.2. The summed E-state index contributed by atoms with van der Waals surface area (Å²) in [7, 11) is 0. The van der Waals surface area contributed by atoms with Gasteiger partial charge < -0.3 is 5.32 Å². The van der Waals surface area contributed by atoms with E-state index >= 15 is 0 Å². The summed E-state index contributed by atoms with van der Waals surface area (Å²) in [6, 6.07) is 6.55. The molecule has 0 aliphatic heterocycles. The average Bonchev–Trinajstić information content (AvgIpc) is 3.09. The van der Waals surface area contributed by atoms with Crippen LogP contribution in [-0.4, -0.2) is 10.9 Å². The zero-order chi connectivity index (χ0) is 15.6. The lowest BCUT2D eigenvalue weighted by atomic mass is 9.88. The normalized spacial score (nSPS) is 16.6. The molecule has 22 heavy (non-hydrogen) atoms. The molecule has 5 heteroatoms. The van der Waals surface area contributed by atoms with Gasteiger partial charge in [-0.2, -0.15) is 0 Å². The highest BCUT2D eigenvalue weighted by Crippen LogP contribution is 2.38. The Morgan fingerprint density at radius 2 is 2.18 bits per heavy atom. The molecule has 0 atom stereocenters. The molecular weight excluding hydrogens is 299 g/mol. The summed E-state index contributed by atoms with van der Waals surface area (Å²) in [5.41, 5.74) is 0.651.